The zero-order valence-corrected chi connectivity index (χ0v) is 14.5. The lowest BCUT2D eigenvalue weighted by Crippen LogP contribution is -2.11. The SMILES string of the molecule is COc1cc(/C=C/c2nc3ccccc3[nH]c2=O)cc(OC)c1OC(F)F. The summed E-state index contributed by atoms with van der Waals surface area (Å²) in [5.74, 6) is -0.0433. The molecule has 0 radical (unpaired) electrons. The quantitative estimate of drug-likeness (QED) is 0.712. The van der Waals surface area contributed by atoms with Gasteiger partial charge in [0.1, 0.15) is 5.69 Å². The van der Waals surface area contributed by atoms with Crippen LogP contribution in [0.5, 0.6) is 17.2 Å². The van der Waals surface area contributed by atoms with Gasteiger partial charge in [0.05, 0.1) is 25.3 Å². The van der Waals surface area contributed by atoms with E-state index in [1.165, 1.54) is 32.4 Å². The Kier molecular flexibility index (Phi) is 5.35. The molecule has 6 nitrogen and oxygen atoms in total. The van der Waals surface area contributed by atoms with Gasteiger partial charge in [-0.1, -0.05) is 18.2 Å². The number of alkyl halides is 2. The summed E-state index contributed by atoms with van der Waals surface area (Å²) >= 11 is 0. The number of fused-ring (bicyclic) bond motifs is 1. The first-order valence-corrected chi connectivity index (χ1v) is 7.90. The molecule has 0 aliphatic carbocycles. The average molecular weight is 374 g/mol. The van der Waals surface area contributed by atoms with Crippen molar-refractivity contribution in [1.29, 1.82) is 0 Å². The van der Waals surface area contributed by atoms with E-state index in [4.69, 9.17) is 9.47 Å². The third-order valence-electron chi connectivity index (χ3n) is 3.75. The molecule has 0 fully saturated rings. The van der Waals surface area contributed by atoms with Crippen molar-refractivity contribution in [3.05, 3.63) is 58.0 Å². The van der Waals surface area contributed by atoms with Crippen molar-refractivity contribution in [1.82, 2.24) is 9.97 Å². The number of aromatic nitrogens is 2. The van der Waals surface area contributed by atoms with Gasteiger partial charge < -0.3 is 19.2 Å². The number of hydrogen-bond donors (Lipinski definition) is 1. The molecular formula is C19H16F2N2O4. The molecule has 0 bridgehead atoms. The van der Waals surface area contributed by atoms with E-state index in [-0.39, 0.29) is 28.5 Å². The fraction of sp³-hybridized carbons (Fsp3) is 0.158. The summed E-state index contributed by atoms with van der Waals surface area (Å²) < 4.78 is 39.9. The maximum atomic E-state index is 12.6. The molecule has 1 aromatic heterocycles. The highest BCUT2D eigenvalue weighted by Crippen LogP contribution is 2.39. The normalized spacial score (nSPS) is 11.3. The van der Waals surface area contributed by atoms with E-state index < -0.39 is 6.61 Å². The van der Waals surface area contributed by atoms with Crippen LogP contribution >= 0.6 is 0 Å². The molecule has 0 saturated carbocycles. The Morgan fingerprint density at radius 3 is 2.37 bits per heavy atom. The number of nitrogens with zero attached hydrogens (tertiary/aromatic N) is 1. The molecule has 140 valence electrons. The molecule has 0 spiro atoms. The lowest BCUT2D eigenvalue weighted by atomic mass is 10.1. The number of para-hydroxylation sites is 2. The van der Waals surface area contributed by atoms with Crippen molar-refractivity contribution in [3.8, 4) is 17.2 Å². The van der Waals surface area contributed by atoms with E-state index in [0.29, 0.717) is 16.6 Å². The van der Waals surface area contributed by atoms with Crippen LogP contribution in [0.4, 0.5) is 8.78 Å². The van der Waals surface area contributed by atoms with Gasteiger partial charge in [-0.25, -0.2) is 4.98 Å². The van der Waals surface area contributed by atoms with Gasteiger partial charge in [-0.15, -0.1) is 0 Å². The van der Waals surface area contributed by atoms with Gasteiger partial charge in [-0.3, -0.25) is 4.79 Å². The number of benzene rings is 2. The number of methoxy groups -OCH3 is 2. The van der Waals surface area contributed by atoms with E-state index in [0.717, 1.165) is 0 Å². The van der Waals surface area contributed by atoms with E-state index in [1.807, 2.05) is 6.07 Å². The van der Waals surface area contributed by atoms with Crippen LogP contribution in [0.1, 0.15) is 11.3 Å². The van der Waals surface area contributed by atoms with E-state index in [1.54, 1.807) is 24.3 Å². The zero-order chi connectivity index (χ0) is 19.4. The van der Waals surface area contributed by atoms with Crippen LogP contribution in [-0.2, 0) is 0 Å². The molecule has 27 heavy (non-hydrogen) atoms. The Labute approximate surface area is 153 Å². The Hall–Kier alpha value is -3.42. The average Bonchev–Trinajstić information content (AvgIpc) is 2.66. The monoisotopic (exact) mass is 374 g/mol. The first-order chi connectivity index (χ1) is 13.0. The Morgan fingerprint density at radius 2 is 1.74 bits per heavy atom. The van der Waals surface area contributed by atoms with Crippen molar-refractivity contribution in [3.63, 3.8) is 0 Å². The van der Waals surface area contributed by atoms with Gasteiger partial charge >= 0.3 is 6.61 Å². The third kappa shape index (κ3) is 4.05. The number of rotatable bonds is 6. The van der Waals surface area contributed by atoms with Gasteiger partial charge in [0, 0.05) is 0 Å². The lowest BCUT2D eigenvalue weighted by molar-refractivity contribution is -0.0526. The molecule has 0 amide bonds. The van der Waals surface area contributed by atoms with Crippen molar-refractivity contribution in [2.45, 2.75) is 6.61 Å². The van der Waals surface area contributed by atoms with E-state index in [2.05, 4.69) is 14.7 Å². The second-order valence-corrected chi connectivity index (χ2v) is 5.43. The highest BCUT2D eigenvalue weighted by atomic mass is 19.3. The van der Waals surface area contributed by atoms with Crippen LogP contribution in [0.3, 0.4) is 0 Å². The summed E-state index contributed by atoms with van der Waals surface area (Å²) in [5, 5.41) is 0. The van der Waals surface area contributed by atoms with E-state index >= 15 is 0 Å². The van der Waals surface area contributed by atoms with Gasteiger partial charge in [0.25, 0.3) is 5.56 Å². The van der Waals surface area contributed by atoms with Crippen LogP contribution in [0.25, 0.3) is 23.2 Å². The number of halogens is 2. The van der Waals surface area contributed by atoms with Crippen molar-refractivity contribution in [2.24, 2.45) is 0 Å². The zero-order valence-electron chi connectivity index (χ0n) is 14.5. The Balaban J connectivity index is 2.00. The predicted octanol–water partition coefficient (Wildman–Crippen LogP) is 3.71. The number of H-pyrrole nitrogens is 1. The standard InChI is InChI=1S/C19H16F2N2O4/c1-25-15-9-11(10-16(26-2)17(15)27-19(20)21)7-8-14-18(24)23-13-6-4-3-5-12(13)22-14/h3-10,19H,1-2H3,(H,23,24)/b8-7+. The van der Waals surface area contributed by atoms with Crippen molar-refractivity contribution < 1.29 is 23.0 Å². The summed E-state index contributed by atoms with van der Waals surface area (Å²) in [7, 11) is 2.66. The maximum Gasteiger partial charge on any atom is 0.387 e. The molecule has 0 aliphatic rings. The molecule has 0 aliphatic heterocycles. The molecule has 0 saturated heterocycles. The number of nitrogens with one attached hydrogen (secondary N) is 1. The van der Waals surface area contributed by atoms with Crippen LogP contribution in [0, 0.1) is 0 Å². The molecule has 3 rings (SSSR count). The summed E-state index contributed by atoms with van der Waals surface area (Å²) in [4.78, 5) is 19.2. The second kappa shape index (κ2) is 7.86. The third-order valence-corrected chi connectivity index (χ3v) is 3.75. The summed E-state index contributed by atoms with van der Waals surface area (Å²) in [6.45, 7) is -3.02. The van der Waals surface area contributed by atoms with Crippen molar-refractivity contribution >= 4 is 23.2 Å². The summed E-state index contributed by atoms with van der Waals surface area (Å²) in [6, 6.07) is 10.1. The molecule has 1 heterocycles. The summed E-state index contributed by atoms with van der Waals surface area (Å²) in [5.41, 5.74) is 1.70. The van der Waals surface area contributed by atoms with Gasteiger partial charge in [0.15, 0.2) is 11.5 Å². The van der Waals surface area contributed by atoms with Crippen LogP contribution in [-0.4, -0.2) is 30.8 Å². The van der Waals surface area contributed by atoms with Crippen molar-refractivity contribution in [2.75, 3.05) is 14.2 Å². The minimum Gasteiger partial charge on any atom is -0.493 e. The van der Waals surface area contributed by atoms with Gasteiger partial charge in [0.2, 0.25) is 5.75 Å². The number of aromatic amines is 1. The molecule has 3 aromatic rings. The minimum absolute atomic E-state index is 0.0784. The number of ether oxygens (including phenoxy) is 3. The van der Waals surface area contributed by atoms with Gasteiger partial charge in [-0.2, -0.15) is 8.78 Å². The van der Waals surface area contributed by atoms with Gasteiger partial charge in [-0.05, 0) is 35.9 Å². The Bertz CT molecular complexity index is 1020. The second-order valence-electron chi connectivity index (χ2n) is 5.43. The molecular weight excluding hydrogens is 358 g/mol. The smallest absolute Gasteiger partial charge is 0.387 e. The summed E-state index contributed by atoms with van der Waals surface area (Å²) in [6.07, 6.45) is 3.12. The number of hydrogen-bond acceptors (Lipinski definition) is 5. The topological polar surface area (TPSA) is 73.4 Å². The van der Waals surface area contributed by atoms with Crippen LogP contribution < -0.4 is 19.8 Å². The van der Waals surface area contributed by atoms with Crippen LogP contribution in [0.15, 0.2) is 41.2 Å². The molecule has 2 aromatic carbocycles. The highest BCUT2D eigenvalue weighted by molar-refractivity contribution is 5.77. The predicted molar refractivity (Wildman–Crippen MR) is 97.5 cm³/mol. The minimum atomic E-state index is -3.02. The Morgan fingerprint density at radius 1 is 1.07 bits per heavy atom. The largest absolute Gasteiger partial charge is 0.493 e. The molecule has 1 N–H and O–H groups in total. The van der Waals surface area contributed by atoms with E-state index in [9.17, 15) is 13.6 Å². The van der Waals surface area contributed by atoms with Crippen LogP contribution in [0.2, 0.25) is 0 Å². The fourth-order valence-electron chi connectivity index (χ4n) is 2.53. The first kappa shape index (κ1) is 18.4. The first-order valence-electron chi connectivity index (χ1n) is 7.90. The maximum absolute atomic E-state index is 12.6. The lowest BCUT2D eigenvalue weighted by Gasteiger charge is -2.14. The molecule has 0 unspecified atom stereocenters. The fourth-order valence-corrected chi connectivity index (χ4v) is 2.53. The highest BCUT2D eigenvalue weighted by Gasteiger charge is 2.17. The molecule has 8 heteroatoms. The molecule has 0 atom stereocenters.